The maximum atomic E-state index is 12.0. The average Bonchev–Trinajstić information content (AvgIpc) is 2.38. The van der Waals surface area contributed by atoms with Gasteiger partial charge in [0.05, 0.1) is 16.0 Å². The molecule has 17 heavy (non-hydrogen) atoms. The highest BCUT2D eigenvalue weighted by atomic mass is 32.2. The Bertz CT molecular complexity index is 734. The Morgan fingerprint density at radius 2 is 1.94 bits per heavy atom. The molecule has 0 N–H and O–H groups in total. The van der Waals surface area contributed by atoms with Gasteiger partial charge in [-0.15, -0.1) is 11.8 Å². The molecule has 0 radical (unpaired) electrons. The van der Waals surface area contributed by atoms with Crippen LogP contribution in [-0.4, -0.2) is 10.7 Å². The van der Waals surface area contributed by atoms with Gasteiger partial charge in [-0.05, 0) is 18.4 Å². The van der Waals surface area contributed by atoms with Crippen LogP contribution in [-0.2, 0) is 0 Å². The van der Waals surface area contributed by atoms with E-state index >= 15 is 0 Å². The van der Waals surface area contributed by atoms with Crippen molar-refractivity contribution in [3.63, 3.8) is 0 Å². The lowest BCUT2D eigenvalue weighted by Gasteiger charge is -2.07. The maximum Gasteiger partial charge on any atom is 0.274 e. The Hall–Kier alpha value is -2.24. The van der Waals surface area contributed by atoms with Crippen molar-refractivity contribution in [2.45, 2.75) is 4.90 Å². The van der Waals surface area contributed by atoms with Gasteiger partial charge in [0.25, 0.3) is 5.56 Å². The first-order chi connectivity index (χ1) is 8.24. The number of nitriles is 2. The van der Waals surface area contributed by atoms with Gasteiger partial charge in [-0.25, -0.2) is 0 Å². The molecule has 0 fully saturated rings. The van der Waals surface area contributed by atoms with E-state index in [0.717, 1.165) is 0 Å². The minimum atomic E-state index is -0.383. The SMILES string of the molecule is CSc1c(C#N)c(=O)n2ccccc2c1C#N. The van der Waals surface area contributed by atoms with Crippen LogP contribution in [0.4, 0.5) is 0 Å². The normalized spacial score (nSPS) is 9.82. The summed E-state index contributed by atoms with van der Waals surface area (Å²) in [5.74, 6) is 0. The minimum Gasteiger partial charge on any atom is -0.282 e. The third-order valence-electron chi connectivity index (χ3n) is 2.43. The van der Waals surface area contributed by atoms with Gasteiger partial charge in [-0.2, -0.15) is 10.5 Å². The van der Waals surface area contributed by atoms with E-state index in [0.29, 0.717) is 16.0 Å². The summed E-state index contributed by atoms with van der Waals surface area (Å²) in [4.78, 5) is 12.5. The van der Waals surface area contributed by atoms with E-state index in [9.17, 15) is 10.1 Å². The smallest absolute Gasteiger partial charge is 0.274 e. The Morgan fingerprint density at radius 3 is 2.53 bits per heavy atom. The molecule has 0 saturated heterocycles. The molecule has 0 saturated carbocycles. The lowest BCUT2D eigenvalue weighted by Crippen LogP contribution is -2.19. The fourth-order valence-electron chi connectivity index (χ4n) is 1.69. The molecule has 5 heteroatoms. The second-order valence-electron chi connectivity index (χ2n) is 3.27. The summed E-state index contributed by atoms with van der Waals surface area (Å²) in [5, 5.41) is 18.2. The number of thioether (sulfide) groups is 1. The predicted molar refractivity (Wildman–Crippen MR) is 64.9 cm³/mol. The molecule has 2 heterocycles. The van der Waals surface area contributed by atoms with E-state index in [-0.39, 0.29) is 11.1 Å². The highest BCUT2D eigenvalue weighted by Crippen LogP contribution is 2.25. The van der Waals surface area contributed by atoms with Crippen LogP contribution in [0.15, 0.2) is 34.1 Å². The first kappa shape index (κ1) is 11.3. The summed E-state index contributed by atoms with van der Waals surface area (Å²) in [6.07, 6.45) is 3.30. The topological polar surface area (TPSA) is 69.1 Å². The molecule has 0 aliphatic carbocycles. The molecule has 0 amide bonds. The van der Waals surface area contributed by atoms with Crippen molar-refractivity contribution < 1.29 is 0 Å². The maximum absolute atomic E-state index is 12.0. The van der Waals surface area contributed by atoms with Crippen LogP contribution in [0.1, 0.15) is 11.1 Å². The molecule has 0 spiro atoms. The third kappa shape index (κ3) is 1.57. The summed E-state index contributed by atoms with van der Waals surface area (Å²) in [6.45, 7) is 0. The van der Waals surface area contributed by atoms with Gasteiger partial charge in [0.2, 0.25) is 0 Å². The Morgan fingerprint density at radius 1 is 1.24 bits per heavy atom. The van der Waals surface area contributed by atoms with Crippen molar-refractivity contribution in [1.82, 2.24) is 4.40 Å². The Labute approximate surface area is 102 Å². The van der Waals surface area contributed by atoms with Crippen LogP contribution in [0.25, 0.3) is 5.52 Å². The highest BCUT2D eigenvalue weighted by Gasteiger charge is 2.16. The lowest BCUT2D eigenvalue weighted by atomic mass is 10.1. The van der Waals surface area contributed by atoms with E-state index in [1.165, 1.54) is 16.2 Å². The first-order valence-corrected chi connectivity index (χ1v) is 5.98. The first-order valence-electron chi connectivity index (χ1n) is 4.76. The van der Waals surface area contributed by atoms with E-state index < -0.39 is 0 Å². The minimum absolute atomic E-state index is 0.0257. The number of aromatic nitrogens is 1. The number of rotatable bonds is 1. The summed E-state index contributed by atoms with van der Waals surface area (Å²) in [6, 6.07) is 9.08. The highest BCUT2D eigenvalue weighted by molar-refractivity contribution is 7.98. The van der Waals surface area contributed by atoms with Crippen molar-refractivity contribution in [2.75, 3.05) is 6.26 Å². The Kier molecular flexibility index (Phi) is 2.86. The van der Waals surface area contributed by atoms with Crippen molar-refractivity contribution in [2.24, 2.45) is 0 Å². The molecule has 82 valence electrons. The van der Waals surface area contributed by atoms with Gasteiger partial charge in [0.1, 0.15) is 17.7 Å². The number of nitrogens with zero attached hydrogens (tertiary/aromatic N) is 3. The number of hydrogen-bond acceptors (Lipinski definition) is 4. The number of hydrogen-bond donors (Lipinski definition) is 0. The Balaban J connectivity index is 3.13. The molecule has 4 nitrogen and oxygen atoms in total. The predicted octanol–water partition coefficient (Wildman–Crippen LogP) is 1.76. The molecule has 2 aromatic rings. The molecule has 2 rings (SSSR count). The van der Waals surface area contributed by atoms with Crippen LogP contribution >= 0.6 is 11.8 Å². The van der Waals surface area contributed by atoms with E-state index in [4.69, 9.17) is 5.26 Å². The second-order valence-corrected chi connectivity index (χ2v) is 4.08. The van der Waals surface area contributed by atoms with Gasteiger partial charge in [0.15, 0.2) is 0 Å². The van der Waals surface area contributed by atoms with E-state index in [1.807, 2.05) is 6.07 Å². The molecule has 0 aromatic carbocycles. The van der Waals surface area contributed by atoms with Crippen LogP contribution in [0.2, 0.25) is 0 Å². The number of fused-ring (bicyclic) bond motifs is 1. The fraction of sp³-hybridized carbons (Fsp3) is 0.0833. The monoisotopic (exact) mass is 241 g/mol. The second kappa shape index (κ2) is 4.32. The van der Waals surface area contributed by atoms with Gasteiger partial charge >= 0.3 is 0 Å². The third-order valence-corrected chi connectivity index (χ3v) is 3.25. The van der Waals surface area contributed by atoms with Gasteiger partial charge in [-0.1, -0.05) is 6.07 Å². The summed E-state index contributed by atoms with van der Waals surface area (Å²) >= 11 is 1.24. The van der Waals surface area contributed by atoms with E-state index in [2.05, 4.69) is 6.07 Å². The lowest BCUT2D eigenvalue weighted by molar-refractivity contribution is 1.05. The van der Waals surface area contributed by atoms with Crippen molar-refractivity contribution in [3.05, 3.63) is 45.9 Å². The molecule has 0 bridgehead atoms. The molecule has 0 aliphatic heterocycles. The standard InChI is InChI=1S/C12H7N3OS/c1-17-11-8(6-13)10-4-2-3-5-15(10)12(16)9(11)7-14/h2-5H,1H3. The molecule has 2 aromatic heterocycles. The van der Waals surface area contributed by atoms with E-state index in [1.54, 1.807) is 30.7 Å². The largest absolute Gasteiger partial charge is 0.282 e. The van der Waals surface area contributed by atoms with Gasteiger partial charge in [0, 0.05) is 6.20 Å². The zero-order valence-corrected chi connectivity index (χ0v) is 9.78. The van der Waals surface area contributed by atoms with Crippen molar-refractivity contribution in [3.8, 4) is 12.1 Å². The quantitative estimate of drug-likeness (QED) is 0.713. The van der Waals surface area contributed by atoms with Gasteiger partial charge < -0.3 is 0 Å². The average molecular weight is 241 g/mol. The van der Waals surface area contributed by atoms with Crippen molar-refractivity contribution in [1.29, 1.82) is 10.5 Å². The fourth-order valence-corrected chi connectivity index (χ4v) is 2.39. The molecule has 0 atom stereocenters. The number of pyridine rings is 2. The van der Waals surface area contributed by atoms with Gasteiger partial charge in [-0.3, -0.25) is 9.20 Å². The zero-order chi connectivity index (χ0) is 12.4. The molecular formula is C12H7N3OS. The van der Waals surface area contributed by atoms with Crippen LogP contribution in [0, 0.1) is 22.7 Å². The molecule has 0 aliphatic rings. The summed E-state index contributed by atoms with van der Waals surface area (Å²) < 4.78 is 1.33. The van der Waals surface area contributed by atoms with Crippen LogP contribution < -0.4 is 5.56 Å². The molecule has 0 unspecified atom stereocenters. The van der Waals surface area contributed by atoms with Crippen LogP contribution in [0.5, 0.6) is 0 Å². The summed E-state index contributed by atoms with van der Waals surface area (Å²) in [5.41, 5.74) is 0.543. The molecular weight excluding hydrogens is 234 g/mol. The zero-order valence-electron chi connectivity index (χ0n) is 8.97. The van der Waals surface area contributed by atoms with Crippen molar-refractivity contribution >= 4 is 17.3 Å². The van der Waals surface area contributed by atoms with Crippen LogP contribution in [0.3, 0.4) is 0 Å². The summed E-state index contributed by atoms with van der Waals surface area (Å²) in [7, 11) is 0.